The third kappa shape index (κ3) is 4.65. The number of nitrogens with one attached hydrogen (secondary N) is 1. The first-order valence-corrected chi connectivity index (χ1v) is 12.2. The zero-order valence-electron chi connectivity index (χ0n) is 20.6. The fourth-order valence-electron chi connectivity index (χ4n) is 5.11. The molecule has 8 heteroatoms. The highest BCUT2D eigenvalue weighted by molar-refractivity contribution is 5.94. The molecular formula is C29H29N3O5. The van der Waals surface area contributed by atoms with Gasteiger partial charge in [-0.1, -0.05) is 24.3 Å². The lowest BCUT2D eigenvalue weighted by molar-refractivity contribution is -0.191. The van der Waals surface area contributed by atoms with Crippen molar-refractivity contribution in [2.75, 3.05) is 40.0 Å². The van der Waals surface area contributed by atoms with Crippen LogP contribution in [0.4, 0.5) is 0 Å². The number of nitrogens with zero attached hydrogens (tertiary/aromatic N) is 2. The third-order valence-corrected chi connectivity index (χ3v) is 7.62. The first-order chi connectivity index (χ1) is 18.0. The molecule has 0 aliphatic carbocycles. The van der Waals surface area contributed by atoms with Crippen LogP contribution in [-0.2, 0) is 4.74 Å². The van der Waals surface area contributed by atoms with E-state index in [0.717, 1.165) is 11.1 Å². The molecule has 2 saturated heterocycles. The summed E-state index contributed by atoms with van der Waals surface area (Å²) in [6, 6.07) is 24.4. The molecule has 0 saturated carbocycles. The Balaban J connectivity index is 1.31. The van der Waals surface area contributed by atoms with Crippen molar-refractivity contribution in [1.29, 1.82) is 5.26 Å². The van der Waals surface area contributed by atoms with Crippen LogP contribution in [0, 0.1) is 16.7 Å². The Morgan fingerprint density at radius 2 is 1.65 bits per heavy atom. The van der Waals surface area contributed by atoms with E-state index < -0.39 is 11.0 Å². The fourth-order valence-corrected chi connectivity index (χ4v) is 5.11. The Hall–Kier alpha value is -3.90. The van der Waals surface area contributed by atoms with Gasteiger partial charge in [-0.3, -0.25) is 4.79 Å². The first kappa shape index (κ1) is 24.8. The van der Waals surface area contributed by atoms with E-state index in [2.05, 4.69) is 11.5 Å². The monoisotopic (exact) mass is 499 g/mol. The summed E-state index contributed by atoms with van der Waals surface area (Å²) >= 11 is 0. The smallest absolute Gasteiger partial charge is 0.253 e. The summed E-state index contributed by atoms with van der Waals surface area (Å²) in [4.78, 5) is 15.1. The molecule has 37 heavy (non-hydrogen) atoms. The second kappa shape index (κ2) is 10.2. The summed E-state index contributed by atoms with van der Waals surface area (Å²) in [5, 5.41) is 19.1. The molecule has 5 rings (SSSR count). The molecule has 2 aliphatic rings. The first-order valence-electron chi connectivity index (χ1n) is 12.2. The van der Waals surface area contributed by atoms with Crippen LogP contribution < -0.4 is 15.0 Å². The Morgan fingerprint density at radius 1 is 1.03 bits per heavy atom. The van der Waals surface area contributed by atoms with Crippen molar-refractivity contribution in [3.63, 3.8) is 0 Å². The second-order valence-electron chi connectivity index (χ2n) is 9.67. The van der Waals surface area contributed by atoms with Crippen LogP contribution in [0.1, 0.15) is 22.3 Å². The number of likely N-dealkylation sites (tertiary alicyclic amines) is 1. The maximum absolute atomic E-state index is 13.3. The van der Waals surface area contributed by atoms with Crippen LogP contribution in [-0.4, -0.2) is 61.6 Å². The molecule has 0 spiro atoms. The minimum Gasteiger partial charge on any atom is -0.497 e. The van der Waals surface area contributed by atoms with Gasteiger partial charge < -0.3 is 24.3 Å². The molecule has 2 heterocycles. The van der Waals surface area contributed by atoms with E-state index in [4.69, 9.17) is 19.5 Å². The topological polar surface area (TPSA) is 104 Å². The van der Waals surface area contributed by atoms with Gasteiger partial charge in [0.2, 0.25) is 0 Å². The fraction of sp³-hybridized carbons (Fsp3) is 0.310. The number of ether oxygens (including phenoxy) is 3. The van der Waals surface area contributed by atoms with Crippen molar-refractivity contribution in [3.8, 4) is 28.7 Å². The normalized spacial score (nSPS) is 20.1. The van der Waals surface area contributed by atoms with Crippen LogP contribution in [0.25, 0.3) is 11.1 Å². The van der Waals surface area contributed by atoms with Gasteiger partial charge in [0.25, 0.3) is 5.91 Å². The van der Waals surface area contributed by atoms with Crippen LogP contribution >= 0.6 is 0 Å². The van der Waals surface area contributed by atoms with Gasteiger partial charge >= 0.3 is 0 Å². The number of amides is 1. The number of rotatable bonds is 8. The number of hydrogen-bond acceptors (Lipinski definition) is 7. The lowest BCUT2D eigenvalue weighted by Gasteiger charge is -2.52. The summed E-state index contributed by atoms with van der Waals surface area (Å²) in [6.45, 7) is 1.98. The third-order valence-electron chi connectivity index (χ3n) is 7.62. The van der Waals surface area contributed by atoms with Crippen molar-refractivity contribution >= 4 is 5.91 Å². The number of nitriles is 1. The Bertz CT molecular complexity index is 1280. The molecule has 1 unspecified atom stereocenters. The van der Waals surface area contributed by atoms with E-state index in [1.165, 1.54) is 0 Å². The van der Waals surface area contributed by atoms with E-state index in [1.807, 2.05) is 41.3 Å². The maximum Gasteiger partial charge on any atom is 0.253 e. The number of hydroxylamine groups is 1. The average Bonchev–Trinajstić information content (AvgIpc) is 3.37. The SMILES string of the molecule is COc1ccc(C(=O)N2CCC(COc3ccc(-c4ccc(C#N)cc4)cc3)(C3(NO)COC3)C2)cc1. The largest absolute Gasteiger partial charge is 0.497 e. The number of carbonyl (C=O) groups excluding carboxylic acids is 1. The van der Waals surface area contributed by atoms with Crippen molar-refractivity contribution in [2.45, 2.75) is 12.0 Å². The molecular weight excluding hydrogens is 470 g/mol. The zero-order chi connectivity index (χ0) is 25.9. The zero-order valence-corrected chi connectivity index (χ0v) is 20.6. The summed E-state index contributed by atoms with van der Waals surface area (Å²) in [5.41, 5.74) is 4.53. The summed E-state index contributed by atoms with van der Waals surface area (Å²) in [7, 11) is 1.59. The molecule has 3 aromatic carbocycles. The van der Waals surface area contributed by atoms with Crippen LogP contribution in [0.5, 0.6) is 11.5 Å². The van der Waals surface area contributed by atoms with Crippen LogP contribution in [0.3, 0.4) is 0 Å². The minimum atomic E-state index is -0.690. The van der Waals surface area contributed by atoms with E-state index in [9.17, 15) is 10.0 Å². The summed E-state index contributed by atoms with van der Waals surface area (Å²) < 4.78 is 17.0. The minimum absolute atomic E-state index is 0.0652. The summed E-state index contributed by atoms with van der Waals surface area (Å²) in [5.74, 6) is 1.33. The number of carbonyl (C=O) groups is 1. The van der Waals surface area contributed by atoms with Gasteiger partial charge in [-0.2, -0.15) is 10.7 Å². The number of methoxy groups -OCH3 is 1. The van der Waals surface area contributed by atoms with Gasteiger partial charge in [-0.15, -0.1) is 0 Å². The van der Waals surface area contributed by atoms with E-state index in [1.54, 1.807) is 43.5 Å². The van der Waals surface area contributed by atoms with Gasteiger partial charge in [0.15, 0.2) is 0 Å². The van der Waals surface area contributed by atoms with Crippen molar-refractivity contribution in [2.24, 2.45) is 5.41 Å². The van der Waals surface area contributed by atoms with E-state index in [0.29, 0.717) is 62.0 Å². The van der Waals surface area contributed by atoms with E-state index >= 15 is 0 Å². The predicted octanol–water partition coefficient (Wildman–Crippen LogP) is 3.89. The standard InChI is InChI=1S/C29H29N3O5/c1-35-25-10-8-24(9-11-25)27(33)32-15-14-28(17-32,29(31-34)19-36-20-29)18-37-26-12-6-23(7-13-26)22-4-2-21(16-30)3-5-22/h2-13,31,34H,14-15,17-20H2,1H3. The Morgan fingerprint density at radius 3 is 2.19 bits per heavy atom. The van der Waals surface area contributed by atoms with Gasteiger partial charge in [-0.25, -0.2) is 0 Å². The average molecular weight is 500 g/mol. The Labute approximate surface area is 216 Å². The molecule has 2 aliphatic heterocycles. The molecule has 3 aromatic rings. The second-order valence-corrected chi connectivity index (χ2v) is 9.67. The quantitative estimate of drug-likeness (QED) is 0.453. The van der Waals surface area contributed by atoms with Gasteiger partial charge in [-0.05, 0) is 66.1 Å². The predicted molar refractivity (Wildman–Crippen MR) is 137 cm³/mol. The molecule has 0 radical (unpaired) electrons. The highest BCUT2D eigenvalue weighted by atomic mass is 16.5. The van der Waals surface area contributed by atoms with E-state index in [-0.39, 0.29) is 5.91 Å². The van der Waals surface area contributed by atoms with Gasteiger partial charge in [0.05, 0.1) is 38.6 Å². The summed E-state index contributed by atoms with van der Waals surface area (Å²) in [6.07, 6.45) is 0.662. The molecule has 190 valence electrons. The highest BCUT2D eigenvalue weighted by Gasteiger charge is 2.60. The number of benzene rings is 3. The van der Waals surface area contributed by atoms with Gasteiger partial charge in [0.1, 0.15) is 17.0 Å². The molecule has 2 fully saturated rings. The lowest BCUT2D eigenvalue weighted by Crippen LogP contribution is -2.71. The number of hydrogen-bond donors (Lipinski definition) is 2. The van der Waals surface area contributed by atoms with Crippen LogP contribution in [0.2, 0.25) is 0 Å². The maximum atomic E-state index is 13.3. The Kier molecular flexibility index (Phi) is 6.85. The molecule has 2 N–H and O–H groups in total. The van der Waals surface area contributed by atoms with Gasteiger partial charge in [0, 0.05) is 24.1 Å². The van der Waals surface area contributed by atoms with Crippen molar-refractivity contribution < 1.29 is 24.2 Å². The molecule has 1 amide bonds. The molecule has 8 nitrogen and oxygen atoms in total. The molecule has 0 bridgehead atoms. The highest BCUT2D eigenvalue weighted by Crippen LogP contribution is 2.45. The molecule has 0 aromatic heterocycles. The lowest BCUT2D eigenvalue weighted by atomic mass is 9.68. The van der Waals surface area contributed by atoms with Crippen molar-refractivity contribution in [3.05, 3.63) is 83.9 Å². The molecule has 1 atom stereocenters. The van der Waals surface area contributed by atoms with Crippen molar-refractivity contribution in [1.82, 2.24) is 10.4 Å². The van der Waals surface area contributed by atoms with Crippen LogP contribution in [0.15, 0.2) is 72.8 Å².